The SMILES string of the molecule is CC/C=C1/NC(=O)C(CC(=O)O)S1. The molecule has 5 heteroatoms. The Balaban J connectivity index is 2.56. The van der Waals surface area contributed by atoms with Crippen molar-refractivity contribution in [2.24, 2.45) is 0 Å². The largest absolute Gasteiger partial charge is 0.481 e. The molecule has 1 aliphatic heterocycles. The van der Waals surface area contributed by atoms with Crippen molar-refractivity contribution in [1.29, 1.82) is 0 Å². The summed E-state index contributed by atoms with van der Waals surface area (Å²) in [7, 11) is 0. The molecule has 2 N–H and O–H groups in total. The van der Waals surface area contributed by atoms with Crippen LogP contribution in [0.15, 0.2) is 11.1 Å². The summed E-state index contributed by atoms with van der Waals surface area (Å²) < 4.78 is 0. The number of hydrogen-bond donors (Lipinski definition) is 2. The lowest BCUT2D eigenvalue weighted by molar-refractivity contribution is -0.138. The van der Waals surface area contributed by atoms with E-state index in [1.165, 1.54) is 11.8 Å². The normalized spacial score (nSPS) is 24.8. The average molecular weight is 201 g/mol. The van der Waals surface area contributed by atoms with Crippen LogP contribution in [0.3, 0.4) is 0 Å². The number of carbonyl (C=O) groups excluding carboxylic acids is 1. The van der Waals surface area contributed by atoms with E-state index < -0.39 is 11.2 Å². The van der Waals surface area contributed by atoms with Crippen molar-refractivity contribution in [2.75, 3.05) is 0 Å². The van der Waals surface area contributed by atoms with Crippen molar-refractivity contribution in [3.8, 4) is 0 Å². The molecule has 1 amide bonds. The molecule has 72 valence electrons. The van der Waals surface area contributed by atoms with Crippen molar-refractivity contribution in [1.82, 2.24) is 5.32 Å². The van der Waals surface area contributed by atoms with E-state index in [0.717, 1.165) is 11.4 Å². The minimum Gasteiger partial charge on any atom is -0.481 e. The van der Waals surface area contributed by atoms with Crippen LogP contribution in [0.5, 0.6) is 0 Å². The standard InChI is InChI=1S/C8H11NO3S/c1-2-3-6-9-8(12)5(13-6)4-7(10)11/h3,5H,2,4H2,1H3,(H,9,12)(H,10,11)/b6-3-. The first kappa shape index (κ1) is 10.1. The maximum Gasteiger partial charge on any atom is 0.305 e. The Kier molecular flexibility index (Phi) is 3.36. The van der Waals surface area contributed by atoms with Gasteiger partial charge in [0.1, 0.15) is 5.25 Å². The van der Waals surface area contributed by atoms with Crippen LogP contribution in [0.4, 0.5) is 0 Å². The summed E-state index contributed by atoms with van der Waals surface area (Å²) >= 11 is 1.29. The molecule has 0 spiro atoms. The zero-order valence-corrected chi connectivity index (χ0v) is 8.06. The van der Waals surface area contributed by atoms with E-state index in [-0.39, 0.29) is 12.3 Å². The van der Waals surface area contributed by atoms with Crippen molar-refractivity contribution >= 4 is 23.6 Å². The molecule has 1 unspecified atom stereocenters. The first-order valence-electron chi connectivity index (χ1n) is 4.03. The molecule has 1 atom stereocenters. The van der Waals surface area contributed by atoms with Crippen LogP contribution < -0.4 is 5.32 Å². The van der Waals surface area contributed by atoms with Crippen LogP contribution in [-0.2, 0) is 9.59 Å². The molecule has 1 saturated heterocycles. The van der Waals surface area contributed by atoms with Crippen LogP contribution in [0.2, 0.25) is 0 Å². The number of carboxylic acid groups (broad SMARTS) is 1. The van der Waals surface area contributed by atoms with Gasteiger partial charge in [-0.15, -0.1) is 0 Å². The predicted molar refractivity (Wildman–Crippen MR) is 50.1 cm³/mol. The molecule has 0 aromatic heterocycles. The minimum atomic E-state index is -0.939. The maximum atomic E-state index is 11.2. The van der Waals surface area contributed by atoms with Gasteiger partial charge in [-0.3, -0.25) is 9.59 Å². The molecule has 1 heterocycles. The zero-order valence-electron chi connectivity index (χ0n) is 7.24. The third kappa shape index (κ3) is 2.77. The topological polar surface area (TPSA) is 66.4 Å². The molecular weight excluding hydrogens is 190 g/mol. The summed E-state index contributed by atoms with van der Waals surface area (Å²) in [6, 6.07) is 0. The fraction of sp³-hybridized carbons (Fsp3) is 0.500. The third-order valence-electron chi connectivity index (χ3n) is 1.56. The second-order valence-corrected chi connectivity index (χ2v) is 3.91. The average Bonchev–Trinajstić information content (AvgIpc) is 2.31. The Morgan fingerprint density at radius 3 is 3.00 bits per heavy atom. The summed E-state index contributed by atoms with van der Waals surface area (Å²) in [4.78, 5) is 21.5. The lowest BCUT2D eigenvalue weighted by Crippen LogP contribution is -2.24. The first-order valence-corrected chi connectivity index (χ1v) is 4.91. The highest BCUT2D eigenvalue weighted by Gasteiger charge is 2.30. The van der Waals surface area contributed by atoms with Gasteiger partial charge in [0.25, 0.3) is 0 Å². The molecular formula is C8H11NO3S. The zero-order chi connectivity index (χ0) is 9.84. The molecule has 1 fully saturated rings. The molecule has 1 rings (SSSR count). The Labute approximate surface area is 80.4 Å². The molecule has 0 saturated carbocycles. The van der Waals surface area contributed by atoms with Crippen LogP contribution in [-0.4, -0.2) is 22.2 Å². The number of aliphatic carboxylic acids is 1. The second kappa shape index (κ2) is 4.32. The van der Waals surface area contributed by atoms with Gasteiger partial charge in [-0.1, -0.05) is 24.8 Å². The molecule has 13 heavy (non-hydrogen) atoms. The molecule has 0 aromatic carbocycles. The summed E-state index contributed by atoms with van der Waals surface area (Å²) in [5.41, 5.74) is 0. The van der Waals surface area contributed by atoms with E-state index in [1.807, 2.05) is 13.0 Å². The van der Waals surface area contributed by atoms with E-state index in [4.69, 9.17) is 5.11 Å². The van der Waals surface area contributed by atoms with Crippen molar-refractivity contribution in [2.45, 2.75) is 25.0 Å². The highest BCUT2D eigenvalue weighted by Crippen LogP contribution is 2.29. The van der Waals surface area contributed by atoms with Gasteiger partial charge in [0, 0.05) is 0 Å². The Bertz CT molecular complexity index is 262. The highest BCUT2D eigenvalue weighted by molar-refractivity contribution is 8.04. The number of hydrogen-bond acceptors (Lipinski definition) is 3. The fourth-order valence-corrected chi connectivity index (χ4v) is 2.14. The second-order valence-electron chi connectivity index (χ2n) is 2.67. The van der Waals surface area contributed by atoms with Crippen LogP contribution in [0.25, 0.3) is 0 Å². The molecule has 0 aliphatic carbocycles. The lowest BCUT2D eigenvalue weighted by atomic mass is 10.3. The van der Waals surface area contributed by atoms with Crippen molar-refractivity contribution in [3.05, 3.63) is 11.1 Å². The number of allylic oxidation sites excluding steroid dienone is 1. The van der Waals surface area contributed by atoms with Crippen molar-refractivity contribution in [3.63, 3.8) is 0 Å². The number of thioether (sulfide) groups is 1. The van der Waals surface area contributed by atoms with Gasteiger partial charge < -0.3 is 10.4 Å². The van der Waals surface area contributed by atoms with Gasteiger partial charge >= 0.3 is 5.97 Å². The summed E-state index contributed by atoms with van der Waals surface area (Å²) in [5.74, 6) is -1.14. The number of carbonyl (C=O) groups is 2. The van der Waals surface area contributed by atoms with E-state index in [1.54, 1.807) is 0 Å². The Morgan fingerprint density at radius 1 is 1.77 bits per heavy atom. The number of nitrogens with one attached hydrogen (secondary N) is 1. The van der Waals surface area contributed by atoms with E-state index in [0.29, 0.717) is 0 Å². The number of carboxylic acids is 1. The molecule has 4 nitrogen and oxygen atoms in total. The van der Waals surface area contributed by atoms with Gasteiger partial charge in [0.15, 0.2) is 0 Å². The van der Waals surface area contributed by atoms with E-state index >= 15 is 0 Å². The summed E-state index contributed by atoms with van der Waals surface area (Å²) in [6.45, 7) is 1.96. The van der Waals surface area contributed by atoms with Gasteiger partial charge in [0.2, 0.25) is 5.91 Å². The van der Waals surface area contributed by atoms with E-state index in [9.17, 15) is 9.59 Å². The highest BCUT2D eigenvalue weighted by atomic mass is 32.2. The quantitative estimate of drug-likeness (QED) is 0.713. The lowest BCUT2D eigenvalue weighted by Gasteiger charge is -1.98. The Hall–Kier alpha value is -0.970. The van der Waals surface area contributed by atoms with Gasteiger partial charge in [-0.05, 0) is 6.42 Å². The predicted octanol–water partition coefficient (Wildman–Crippen LogP) is 0.944. The number of rotatable bonds is 3. The molecule has 1 aliphatic rings. The number of amides is 1. The Morgan fingerprint density at radius 2 is 2.46 bits per heavy atom. The van der Waals surface area contributed by atoms with Crippen LogP contribution >= 0.6 is 11.8 Å². The smallest absolute Gasteiger partial charge is 0.305 e. The first-order chi connectivity index (χ1) is 6.13. The van der Waals surface area contributed by atoms with Gasteiger partial charge in [-0.25, -0.2) is 0 Å². The third-order valence-corrected chi connectivity index (χ3v) is 2.75. The van der Waals surface area contributed by atoms with Crippen molar-refractivity contribution < 1.29 is 14.7 Å². The summed E-state index contributed by atoms with van der Waals surface area (Å²) in [5, 5.41) is 11.4. The van der Waals surface area contributed by atoms with Crippen LogP contribution in [0.1, 0.15) is 19.8 Å². The molecule has 0 radical (unpaired) electrons. The molecule has 0 bridgehead atoms. The van der Waals surface area contributed by atoms with Crippen LogP contribution in [0, 0.1) is 0 Å². The van der Waals surface area contributed by atoms with Gasteiger partial charge in [-0.2, -0.15) is 0 Å². The fourth-order valence-electron chi connectivity index (χ4n) is 1.02. The van der Waals surface area contributed by atoms with Gasteiger partial charge in [0.05, 0.1) is 11.4 Å². The monoisotopic (exact) mass is 201 g/mol. The summed E-state index contributed by atoms with van der Waals surface area (Å²) in [6.07, 6.45) is 2.60. The minimum absolute atomic E-state index is 0.114. The van der Waals surface area contributed by atoms with E-state index in [2.05, 4.69) is 5.32 Å². The molecule has 0 aromatic rings. The maximum absolute atomic E-state index is 11.2.